The van der Waals surface area contributed by atoms with E-state index in [4.69, 9.17) is 15.7 Å². The molecule has 0 atom stereocenters. The Kier molecular flexibility index (Phi) is 4.18. The molecule has 0 aliphatic rings. The lowest BCUT2D eigenvalue weighted by Gasteiger charge is -2.09. The maximum atomic E-state index is 8.85. The summed E-state index contributed by atoms with van der Waals surface area (Å²) in [5.74, 6) is 0.549. The molecule has 0 unspecified atom stereocenters. The Morgan fingerprint density at radius 3 is 2.95 bits per heavy atom. The van der Waals surface area contributed by atoms with Crippen LogP contribution in [-0.2, 0) is 0 Å². The molecule has 0 spiro atoms. The predicted molar refractivity (Wildman–Crippen MR) is 74.7 cm³/mol. The fraction of sp³-hybridized carbons (Fsp3) is 0.286. The molecule has 0 fully saturated rings. The molecule has 1 heterocycles. The van der Waals surface area contributed by atoms with Crippen molar-refractivity contribution in [2.75, 3.05) is 6.61 Å². The Morgan fingerprint density at radius 1 is 1.42 bits per heavy atom. The number of rotatable bonds is 5. The molecule has 100 valence electrons. The second-order valence-electron chi connectivity index (χ2n) is 4.21. The van der Waals surface area contributed by atoms with Gasteiger partial charge in [0, 0.05) is 17.0 Å². The number of hydrogen-bond acceptors (Lipinski definition) is 4. The van der Waals surface area contributed by atoms with E-state index in [2.05, 4.69) is 17.1 Å². The van der Waals surface area contributed by atoms with E-state index in [1.165, 1.54) is 0 Å². The van der Waals surface area contributed by atoms with E-state index < -0.39 is 0 Å². The molecule has 3 N–H and O–H groups in total. The molecule has 5 heteroatoms. The fourth-order valence-corrected chi connectivity index (χ4v) is 1.81. The molecule has 1 aromatic carbocycles. The molecule has 19 heavy (non-hydrogen) atoms. The summed E-state index contributed by atoms with van der Waals surface area (Å²) in [6, 6.07) is 9.23. The van der Waals surface area contributed by atoms with Gasteiger partial charge in [-0.1, -0.05) is 36.7 Å². The number of pyridine rings is 1. The van der Waals surface area contributed by atoms with Crippen LogP contribution >= 0.6 is 0 Å². The average Bonchev–Trinajstić information content (AvgIpc) is 2.46. The fourth-order valence-electron chi connectivity index (χ4n) is 1.81. The van der Waals surface area contributed by atoms with Gasteiger partial charge in [-0.2, -0.15) is 0 Å². The van der Waals surface area contributed by atoms with Gasteiger partial charge < -0.3 is 15.7 Å². The first-order valence-corrected chi connectivity index (χ1v) is 6.26. The average molecular weight is 259 g/mol. The molecule has 0 radical (unpaired) electrons. The van der Waals surface area contributed by atoms with Gasteiger partial charge in [0.2, 0.25) is 5.88 Å². The Hall–Kier alpha value is -2.30. The number of nitrogens with zero attached hydrogens (tertiary/aromatic N) is 2. The number of hydrogen-bond donors (Lipinski definition) is 2. The van der Waals surface area contributed by atoms with Gasteiger partial charge in [-0.25, -0.2) is 4.98 Å². The summed E-state index contributed by atoms with van der Waals surface area (Å²) < 4.78 is 5.59. The van der Waals surface area contributed by atoms with Crippen molar-refractivity contribution in [2.45, 2.75) is 19.8 Å². The van der Waals surface area contributed by atoms with E-state index in [0.29, 0.717) is 18.1 Å². The molecule has 0 aliphatic carbocycles. The molecule has 5 nitrogen and oxygen atoms in total. The number of para-hydroxylation sites is 1. The van der Waals surface area contributed by atoms with Crippen molar-refractivity contribution in [2.24, 2.45) is 10.9 Å². The van der Waals surface area contributed by atoms with Crippen molar-refractivity contribution in [3.8, 4) is 5.88 Å². The third-order valence-electron chi connectivity index (χ3n) is 2.82. The molecule has 1 aromatic heterocycles. The first kappa shape index (κ1) is 13.1. The summed E-state index contributed by atoms with van der Waals surface area (Å²) >= 11 is 0. The minimum absolute atomic E-state index is 0.0546. The van der Waals surface area contributed by atoms with Gasteiger partial charge in [-0.3, -0.25) is 0 Å². The van der Waals surface area contributed by atoms with E-state index in [9.17, 15) is 0 Å². The topological polar surface area (TPSA) is 80.7 Å². The van der Waals surface area contributed by atoms with Crippen LogP contribution in [0, 0.1) is 0 Å². The molecule has 0 bridgehead atoms. The first-order chi connectivity index (χ1) is 9.26. The molecule has 0 saturated carbocycles. The highest BCUT2D eigenvalue weighted by Crippen LogP contribution is 2.22. The van der Waals surface area contributed by atoms with Crippen LogP contribution in [-0.4, -0.2) is 22.6 Å². The number of ether oxygens (including phenoxy) is 1. The minimum atomic E-state index is 0.0546. The summed E-state index contributed by atoms with van der Waals surface area (Å²) in [4.78, 5) is 4.41. The van der Waals surface area contributed by atoms with Crippen LogP contribution in [0.25, 0.3) is 10.9 Å². The standard InChI is InChI=1S/C14H17N3O2/c1-2-3-8-19-13-9-11(14(15)17-18)10-6-4-5-7-12(10)16-13/h4-7,9,18H,2-3,8H2,1H3,(H2,15,17). The minimum Gasteiger partial charge on any atom is -0.478 e. The number of fused-ring (bicyclic) bond motifs is 1. The van der Waals surface area contributed by atoms with Crippen LogP contribution in [0.1, 0.15) is 25.3 Å². The zero-order valence-electron chi connectivity index (χ0n) is 10.8. The Bertz CT molecular complexity index is 596. The van der Waals surface area contributed by atoms with Gasteiger partial charge in [-0.05, 0) is 12.5 Å². The van der Waals surface area contributed by atoms with E-state index >= 15 is 0 Å². The number of benzene rings is 1. The predicted octanol–water partition coefficient (Wildman–Crippen LogP) is 2.51. The normalized spacial score (nSPS) is 11.7. The van der Waals surface area contributed by atoms with Crippen molar-refractivity contribution >= 4 is 16.7 Å². The number of aromatic nitrogens is 1. The van der Waals surface area contributed by atoms with Gasteiger partial charge in [0.1, 0.15) is 0 Å². The van der Waals surface area contributed by atoms with Crippen molar-refractivity contribution in [3.63, 3.8) is 0 Å². The van der Waals surface area contributed by atoms with Crippen molar-refractivity contribution in [1.29, 1.82) is 0 Å². The van der Waals surface area contributed by atoms with Crippen molar-refractivity contribution in [3.05, 3.63) is 35.9 Å². The molecule has 0 aliphatic heterocycles. The largest absolute Gasteiger partial charge is 0.478 e. The van der Waals surface area contributed by atoms with Crippen LogP contribution in [0.15, 0.2) is 35.5 Å². The van der Waals surface area contributed by atoms with E-state index in [0.717, 1.165) is 23.7 Å². The highest BCUT2D eigenvalue weighted by atomic mass is 16.5. The van der Waals surface area contributed by atoms with Gasteiger partial charge in [0.05, 0.1) is 12.1 Å². The van der Waals surface area contributed by atoms with Crippen LogP contribution in [0.2, 0.25) is 0 Å². The van der Waals surface area contributed by atoms with E-state index in [1.807, 2.05) is 24.3 Å². The molecule has 2 rings (SSSR count). The molecule has 2 aromatic rings. The van der Waals surface area contributed by atoms with Gasteiger partial charge >= 0.3 is 0 Å². The third-order valence-corrected chi connectivity index (χ3v) is 2.82. The van der Waals surface area contributed by atoms with E-state index in [-0.39, 0.29) is 5.84 Å². The maximum Gasteiger partial charge on any atom is 0.214 e. The third kappa shape index (κ3) is 2.93. The summed E-state index contributed by atoms with van der Waals surface area (Å²) in [7, 11) is 0. The lowest BCUT2D eigenvalue weighted by molar-refractivity contribution is 0.298. The SMILES string of the molecule is CCCCOc1cc(C(N)=NO)c2ccccc2n1. The molecule has 0 saturated heterocycles. The Labute approximate surface area is 111 Å². The second kappa shape index (κ2) is 6.04. The smallest absolute Gasteiger partial charge is 0.214 e. The van der Waals surface area contributed by atoms with E-state index in [1.54, 1.807) is 6.07 Å². The number of nitrogens with two attached hydrogens (primary N) is 1. The Morgan fingerprint density at radius 2 is 2.21 bits per heavy atom. The monoisotopic (exact) mass is 259 g/mol. The first-order valence-electron chi connectivity index (χ1n) is 6.26. The van der Waals surface area contributed by atoms with Crippen LogP contribution in [0.4, 0.5) is 0 Å². The van der Waals surface area contributed by atoms with Gasteiger partial charge in [-0.15, -0.1) is 0 Å². The van der Waals surface area contributed by atoms with Gasteiger partial charge in [0.15, 0.2) is 5.84 Å². The second-order valence-corrected chi connectivity index (χ2v) is 4.21. The number of oxime groups is 1. The number of unbranched alkanes of at least 4 members (excludes halogenated alkanes) is 1. The highest BCUT2D eigenvalue weighted by molar-refractivity contribution is 6.08. The quantitative estimate of drug-likeness (QED) is 0.284. The Balaban J connectivity index is 2.44. The summed E-state index contributed by atoms with van der Waals surface area (Å²) in [5, 5.41) is 12.7. The molecule has 0 amide bonds. The number of amidine groups is 1. The zero-order chi connectivity index (χ0) is 13.7. The van der Waals surface area contributed by atoms with Crippen molar-refractivity contribution in [1.82, 2.24) is 4.98 Å². The molecular weight excluding hydrogens is 242 g/mol. The van der Waals surface area contributed by atoms with Crippen LogP contribution in [0.3, 0.4) is 0 Å². The lowest BCUT2D eigenvalue weighted by atomic mass is 10.1. The van der Waals surface area contributed by atoms with Crippen LogP contribution < -0.4 is 10.5 Å². The summed E-state index contributed by atoms with van der Waals surface area (Å²) in [5.41, 5.74) is 7.09. The lowest BCUT2D eigenvalue weighted by Crippen LogP contribution is -2.14. The van der Waals surface area contributed by atoms with Crippen LogP contribution in [0.5, 0.6) is 5.88 Å². The van der Waals surface area contributed by atoms with Crippen molar-refractivity contribution < 1.29 is 9.94 Å². The zero-order valence-corrected chi connectivity index (χ0v) is 10.8. The summed E-state index contributed by atoms with van der Waals surface area (Å²) in [6.45, 7) is 2.70. The maximum absolute atomic E-state index is 8.85. The van der Waals surface area contributed by atoms with Gasteiger partial charge in [0.25, 0.3) is 0 Å². The highest BCUT2D eigenvalue weighted by Gasteiger charge is 2.09. The summed E-state index contributed by atoms with van der Waals surface area (Å²) in [6.07, 6.45) is 2.02. The molecular formula is C14H17N3O2.